The van der Waals surface area contributed by atoms with Crippen LogP contribution >= 0.6 is 0 Å². The molecule has 2 aliphatic rings. The fourth-order valence-corrected chi connectivity index (χ4v) is 3.83. The molecule has 2 saturated heterocycles. The molecule has 0 spiro atoms. The van der Waals surface area contributed by atoms with Crippen molar-refractivity contribution in [2.75, 3.05) is 53.9 Å². The van der Waals surface area contributed by atoms with Crippen LogP contribution in [0.2, 0.25) is 0 Å². The normalized spacial score (nSPS) is 20.0. The lowest BCUT2D eigenvalue weighted by Gasteiger charge is -2.39. The molecule has 7 nitrogen and oxygen atoms in total. The molecule has 0 aromatic heterocycles. The van der Waals surface area contributed by atoms with Crippen LogP contribution in [0, 0.1) is 11.8 Å². The lowest BCUT2D eigenvalue weighted by atomic mass is 9.79. The van der Waals surface area contributed by atoms with Gasteiger partial charge >= 0.3 is 5.97 Å². The highest BCUT2D eigenvalue weighted by atomic mass is 16.5. The average Bonchev–Trinajstić information content (AvgIpc) is 2.64. The number of hydrogen-bond acceptors (Lipinski definition) is 5. The minimum atomic E-state index is -0.491. The Hall–Kier alpha value is -1.63. The number of piperidine rings is 2. The Labute approximate surface area is 156 Å². The number of esters is 1. The predicted molar refractivity (Wildman–Crippen MR) is 98.4 cm³/mol. The first kappa shape index (κ1) is 20.7. The van der Waals surface area contributed by atoms with Crippen molar-refractivity contribution >= 4 is 17.8 Å². The first-order valence-corrected chi connectivity index (χ1v) is 9.69. The van der Waals surface area contributed by atoms with Gasteiger partial charge in [0.2, 0.25) is 5.91 Å². The molecule has 2 amide bonds. The molecule has 2 fully saturated rings. The van der Waals surface area contributed by atoms with Crippen LogP contribution in [-0.4, -0.2) is 86.4 Å². The number of ether oxygens (including phenoxy) is 1. The van der Waals surface area contributed by atoms with Crippen molar-refractivity contribution in [3.05, 3.63) is 0 Å². The molecule has 7 heteroatoms. The maximum atomic E-state index is 12.3. The van der Waals surface area contributed by atoms with Crippen LogP contribution in [0.4, 0.5) is 0 Å². The zero-order valence-electron chi connectivity index (χ0n) is 16.4. The third kappa shape index (κ3) is 6.27. The van der Waals surface area contributed by atoms with Gasteiger partial charge in [-0.3, -0.25) is 14.4 Å². The minimum absolute atomic E-state index is 0.0164. The van der Waals surface area contributed by atoms with Crippen LogP contribution in [0.25, 0.3) is 0 Å². The van der Waals surface area contributed by atoms with Gasteiger partial charge in [0.25, 0.3) is 5.91 Å². The molecule has 26 heavy (non-hydrogen) atoms. The van der Waals surface area contributed by atoms with Gasteiger partial charge < -0.3 is 19.4 Å². The van der Waals surface area contributed by atoms with E-state index in [0.29, 0.717) is 0 Å². The number of rotatable bonds is 6. The third-order valence-electron chi connectivity index (χ3n) is 5.72. The third-order valence-corrected chi connectivity index (χ3v) is 5.72. The van der Waals surface area contributed by atoms with Crippen molar-refractivity contribution in [2.45, 2.75) is 38.5 Å². The summed E-state index contributed by atoms with van der Waals surface area (Å²) < 4.78 is 4.90. The highest BCUT2D eigenvalue weighted by molar-refractivity contribution is 5.83. The number of carbonyl (C=O) groups is 3. The quantitative estimate of drug-likeness (QED) is 0.655. The highest BCUT2D eigenvalue weighted by Gasteiger charge is 2.30. The van der Waals surface area contributed by atoms with E-state index in [1.54, 1.807) is 14.1 Å². The molecular weight excluding hydrogens is 334 g/mol. The number of amides is 2. The Kier molecular flexibility index (Phi) is 7.87. The number of nitrogens with zero attached hydrogens (tertiary/aromatic N) is 3. The van der Waals surface area contributed by atoms with Crippen LogP contribution in [0.15, 0.2) is 0 Å². The Balaban J connectivity index is 1.63. The standard InChI is InChI=1S/C19H33N3O4/c1-20(2)18(24)14-26-19(25)5-4-17(23)22-12-8-16(9-13-22)15-6-10-21(3)11-7-15/h15-16H,4-14H2,1-3H3. The van der Waals surface area contributed by atoms with Crippen molar-refractivity contribution in [1.82, 2.24) is 14.7 Å². The summed E-state index contributed by atoms with van der Waals surface area (Å²) in [4.78, 5) is 41.0. The number of carbonyl (C=O) groups excluding carboxylic acids is 3. The van der Waals surface area contributed by atoms with E-state index in [2.05, 4.69) is 11.9 Å². The number of hydrogen-bond donors (Lipinski definition) is 0. The van der Waals surface area contributed by atoms with Crippen molar-refractivity contribution in [3.63, 3.8) is 0 Å². The van der Waals surface area contributed by atoms with Crippen LogP contribution < -0.4 is 0 Å². The van der Waals surface area contributed by atoms with Crippen molar-refractivity contribution in [1.29, 1.82) is 0 Å². The smallest absolute Gasteiger partial charge is 0.306 e. The Morgan fingerprint density at radius 3 is 2.00 bits per heavy atom. The Morgan fingerprint density at radius 2 is 1.46 bits per heavy atom. The van der Waals surface area contributed by atoms with E-state index in [0.717, 1.165) is 37.8 Å². The van der Waals surface area contributed by atoms with E-state index in [9.17, 15) is 14.4 Å². The van der Waals surface area contributed by atoms with Crippen LogP contribution in [0.5, 0.6) is 0 Å². The van der Waals surface area contributed by atoms with Crippen molar-refractivity contribution in [2.24, 2.45) is 11.8 Å². The second-order valence-electron chi connectivity index (χ2n) is 7.81. The summed E-state index contributed by atoms with van der Waals surface area (Å²) in [6.07, 6.45) is 4.88. The van der Waals surface area contributed by atoms with Gasteiger partial charge in [-0.25, -0.2) is 0 Å². The maximum Gasteiger partial charge on any atom is 0.306 e. The lowest BCUT2D eigenvalue weighted by molar-refractivity contribution is -0.152. The molecular formula is C19H33N3O4. The summed E-state index contributed by atoms with van der Waals surface area (Å²) in [5.74, 6) is 0.792. The van der Waals surface area contributed by atoms with Gasteiger partial charge in [0, 0.05) is 33.6 Å². The van der Waals surface area contributed by atoms with Gasteiger partial charge in [-0.1, -0.05) is 0 Å². The van der Waals surface area contributed by atoms with Gasteiger partial charge in [-0.2, -0.15) is 0 Å². The molecule has 0 saturated carbocycles. The Morgan fingerprint density at radius 1 is 0.923 bits per heavy atom. The van der Waals surface area contributed by atoms with Crippen LogP contribution in [0.1, 0.15) is 38.5 Å². The lowest BCUT2D eigenvalue weighted by Crippen LogP contribution is -2.42. The fraction of sp³-hybridized carbons (Fsp3) is 0.842. The van der Waals surface area contributed by atoms with Gasteiger partial charge in [0.15, 0.2) is 6.61 Å². The molecule has 2 rings (SSSR count). The monoisotopic (exact) mass is 367 g/mol. The highest BCUT2D eigenvalue weighted by Crippen LogP contribution is 2.32. The van der Waals surface area contributed by atoms with E-state index in [1.165, 1.54) is 30.8 Å². The first-order valence-electron chi connectivity index (χ1n) is 9.69. The topological polar surface area (TPSA) is 70.2 Å². The molecule has 148 valence electrons. The molecule has 0 aromatic rings. The number of likely N-dealkylation sites (N-methyl/N-ethyl adjacent to an activating group) is 1. The van der Waals surface area contributed by atoms with E-state index in [4.69, 9.17) is 4.74 Å². The molecule has 0 atom stereocenters. The van der Waals surface area contributed by atoms with E-state index < -0.39 is 5.97 Å². The second kappa shape index (κ2) is 9.90. The molecule has 2 heterocycles. The zero-order chi connectivity index (χ0) is 19.1. The fourth-order valence-electron chi connectivity index (χ4n) is 3.83. The predicted octanol–water partition coefficient (Wildman–Crippen LogP) is 0.978. The SMILES string of the molecule is CN1CCC(C2CCN(C(=O)CCC(=O)OCC(=O)N(C)C)CC2)CC1. The maximum absolute atomic E-state index is 12.3. The largest absolute Gasteiger partial charge is 0.456 e. The summed E-state index contributed by atoms with van der Waals surface area (Å²) in [7, 11) is 5.39. The Bertz CT molecular complexity index is 493. The molecule has 0 N–H and O–H groups in total. The summed E-state index contributed by atoms with van der Waals surface area (Å²) in [6, 6.07) is 0. The van der Waals surface area contributed by atoms with E-state index in [1.807, 2.05) is 4.90 Å². The summed E-state index contributed by atoms with van der Waals surface area (Å²) in [5.41, 5.74) is 0. The molecule has 0 radical (unpaired) electrons. The van der Waals surface area contributed by atoms with Gasteiger partial charge in [0.1, 0.15) is 0 Å². The zero-order valence-corrected chi connectivity index (χ0v) is 16.4. The molecule has 0 aromatic carbocycles. The number of likely N-dealkylation sites (tertiary alicyclic amines) is 2. The molecule has 0 aliphatic carbocycles. The van der Waals surface area contributed by atoms with Crippen molar-refractivity contribution in [3.8, 4) is 0 Å². The molecule has 0 unspecified atom stereocenters. The summed E-state index contributed by atoms with van der Waals surface area (Å²) >= 11 is 0. The summed E-state index contributed by atoms with van der Waals surface area (Å²) in [5, 5.41) is 0. The van der Waals surface area contributed by atoms with Crippen LogP contribution in [-0.2, 0) is 19.1 Å². The average molecular weight is 367 g/mol. The van der Waals surface area contributed by atoms with Gasteiger partial charge in [0.05, 0.1) is 6.42 Å². The van der Waals surface area contributed by atoms with Crippen molar-refractivity contribution < 1.29 is 19.1 Å². The molecule has 2 aliphatic heterocycles. The molecule has 0 bridgehead atoms. The van der Waals surface area contributed by atoms with Crippen LogP contribution in [0.3, 0.4) is 0 Å². The van der Waals surface area contributed by atoms with Gasteiger partial charge in [-0.05, 0) is 57.7 Å². The minimum Gasteiger partial charge on any atom is -0.456 e. The van der Waals surface area contributed by atoms with E-state index in [-0.39, 0.29) is 31.3 Å². The van der Waals surface area contributed by atoms with Gasteiger partial charge in [-0.15, -0.1) is 0 Å². The summed E-state index contributed by atoms with van der Waals surface area (Å²) in [6.45, 7) is 3.69. The first-order chi connectivity index (χ1) is 12.4. The second-order valence-corrected chi connectivity index (χ2v) is 7.81. The van der Waals surface area contributed by atoms with E-state index >= 15 is 0 Å².